The van der Waals surface area contributed by atoms with E-state index in [1.54, 1.807) is 0 Å². The Hall–Kier alpha value is -2.72. The molecule has 3 heterocycles. The molecule has 2 aromatic carbocycles. The fourth-order valence-electron chi connectivity index (χ4n) is 4.58. The summed E-state index contributed by atoms with van der Waals surface area (Å²) in [5.74, 6) is 0. The van der Waals surface area contributed by atoms with Crippen LogP contribution in [0.1, 0.15) is 17.5 Å². The number of anilines is 1. The minimum absolute atomic E-state index is 1.02. The molecule has 1 aliphatic rings. The van der Waals surface area contributed by atoms with Crippen LogP contribution in [-0.2, 0) is 6.42 Å². The number of nitrogens with zero attached hydrogens (tertiary/aromatic N) is 2. The van der Waals surface area contributed by atoms with E-state index < -0.39 is 0 Å². The third kappa shape index (κ3) is 3.18. The maximum atomic E-state index is 5.74. The zero-order valence-electron chi connectivity index (χ0n) is 16.4. The lowest BCUT2D eigenvalue weighted by molar-refractivity contribution is 0.255. The molecule has 2 aromatic heterocycles. The van der Waals surface area contributed by atoms with E-state index in [2.05, 4.69) is 64.2 Å². The van der Waals surface area contributed by atoms with Gasteiger partial charge < -0.3 is 14.3 Å². The van der Waals surface area contributed by atoms with E-state index in [0.717, 1.165) is 44.7 Å². The highest BCUT2D eigenvalue weighted by Crippen LogP contribution is 2.28. The molecule has 1 fully saturated rings. The first-order valence-electron chi connectivity index (χ1n) is 10.3. The van der Waals surface area contributed by atoms with Crippen LogP contribution in [-0.4, -0.2) is 42.6 Å². The predicted molar refractivity (Wildman–Crippen MR) is 116 cm³/mol. The number of furan rings is 1. The van der Waals surface area contributed by atoms with Crippen LogP contribution in [0.5, 0.6) is 0 Å². The number of H-pyrrole nitrogens is 1. The molecule has 4 heteroatoms. The number of fused-ring (bicyclic) bond motifs is 2. The third-order valence-electron chi connectivity index (χ3n) is 6.09. The summed E-state index contributed by atoms with van der Waals surface area (Å²) in [7, 11) is 0. The molecule has 0 saturated carbocycles. The number of rotatable bonds is 5. The number of nitrogens with one attached hydrogen (secondary N) is 1. The molecule has 1 saturated heterocycles. The highest BCUT2D eigenvalue weighted by Gasteiger charge is 2.19. The first kappa shape index (κ1) is 17.4. The average molecular weight is 374 g/mol. The molecule has 0 radical (unpaired) electrons. The van der Waals surface area contributed by atoms with E-state index in [0.29, 0.717) is 0 Å². The molecule has 144 valence electrons. The average Bonchev–Trinajstić information content (AvgIpc) is 3.36. The van der Waals surface area contributed by atoms with Gasteiger partial charge in [0.05, 0.1) is 6.26 Å². The van der Waals surface area contributed by atoms with Crippen LogP contribution >= 0.6 is 0 Å². The van der Waals surface area contributed by atoms with Crippen LogP contribution in [0.25, 0.3) is 21.9 Å². The molecule has 0 atom stereocenters. The summed E-state index contributed by atoms with van der Waals surface area (Å²) in [6.45, 7) is 7.78. The Morgan fingerprint density at radius 3 is 2.75 bits per heavy atom. The van der Waals surface area contributed by atoms with Crippen LogP contribution in [0.15, 0.2) is 59.3 Å². The van der Waals surface area contributed by atoms with Gasteiger partial charge in [-0.15, -0.1) is 0 Å². The molecule has 0 spiro atoms. The molecular formula is C24H27N3O. The van der Waals surface area contributed by atoms with Gasteiger partial charge in [0.15, 0.2) is 0 Å². The predicted octanol–water partition coefficient (Wildman–Crippen LogP) is 4.98. The smallest absolute Gasteiger partial charge is 0.134 e. The number of hydrogen-bond acceptors (Lipinski definition) is 3. The molecule has 0 unspecified atom stereocenters. The minimum Gasteiger partial charge on any atom is -0.464 e. The van der Waals surface area contributed by atoms with Crippen molar-refractivity contribution >= 4 is 27.6 Å². The Morgan fingerprint density at radius 2 is 1.86 bits per heavy atom. The Bertz CT molecular complexity index is 1090. The van der Waals surface area contributed by atoms with Crippen molar-refractivity contribution in [1.82, 2.24) is 9.88 Å². The lowest BCUT2D eigenvalue weighted by Crippen LogP contribution is -2.46. The van der Waals surface area contributed by atoms with Gasteiger partial charge in [-0.3, -0.25) is 4.90 Å². The van der Waals surface area contributed by atoms with E-state index in [-0.39, 0.29) is 0 Å². The molecule has 5 rings (SSSR count). The van der Waals surface area contributed by atoms with E-state index >= 15 is 0 Å². The SMILES string of the molecule is Cc1cccc2occ(CCCN3CCN(c4cccc5[nH]ccc45)CC3)c12. The number of piperazine rings is 1. The van der Waals surface area contributed by atoms with Crippen molar-refractivity contribution in [1.29, 1.82) is 0 Å². The summed E-state index contributed by atoms with van der Waals surface area (Å²) < 4.78 is 5.74. The quantitative estimate of drug-likeness (QED) is 0.536. The zero-order valence-corrected chi connectivity index (χ0v) is 16.4. The van der Waals surface area contributed by atoms with Gasteiger partial charge in [-0.1, -0.05) is 18.2 Å². The summed E-state index contributed by atoms with van der Waals surface area (Å²) >= 11 is 0. The van der Waals surface area contributed by atoms with Crippen molar-refractivity contribution in [2.75, 3.05) is 37.6 Å². The van der Waals surface area contributed by atoms with Crippen molar-refractivity contribution in [3.05, 3.63) is 66.1 Å². The van der Waals surface area contributed by atoms with Gasteiger partial charge in [0.2, 0.25) is 0 Å². The second kappa shape index (κ2) is 7.36. The van der Waals surface area contributed by atoms with Crippen molar-refractivity contribution in [3.8, 4) is 0 Å². The van der Waals surface area contributed by atoms with Gasteiger partial charge in [0, 0.05) is 54.4 Å². The minimum atomic E-state index is 1.02. The van der Waals surface area contributed by atoms with Gasteiger partial charge >= 0.3 is 0 Å². The third-order valence-corrected chi connectivity index (χ3v) is 6.09. The Morgan fingerprint density at radius 1 is 1.00 bits per heavy atom. The van der Waals surface area contributed by atoms with Crippen molar-refractivity contribution in [3.63, 3.8) is 0 Å². The van der Waals surface area contributed by atoms with Gasteiger partial charge in [-0.2, -0.15) is 0 Å². The van der Waals surface area contributed by atoms with Crippen LogP contribution in [0.3, 0.4) is 0 Å². The van der Waals surface area contributed by atoms with Crippen LogP contribution in [0.4, 0.5) is 5.69 Å². The van der Waals surface area contributed by atoms with Crippen LogP contribution < -0.4 is 4.90 Å². The molecule has 4 nitrogen and oxygen atoms in total. The lowest BCUT2D eigenvalue weighted by atomic mass is 10.0. The monoisotopic (exact) mass is 373 g/mol. The number of benzene rings is 2. The maximum absolute atomic E-state index is 5.74. The first-order valence-corrected chi connectivity index (χ1v) is 10.3. The summed E-state index contributed by atoms with van der Waals surface area (Å²) in [6, 6.07) is 15.0. The molecule has 0 bridgehead atoms. The topological polar surface area (TPSA) is 35.4 Å². The highest BCUT2D eigenvalue weighted by atomic mass is 16.3. The summed E-state index contributed by atoms with van der Waals surface area (Å²) in [5, 5.41) is 2.64. The second-order valence-electron chi connectivity index (χ2n) is 7.86. The normalized spacial score (nSPS) is 15.7. The van der Waals surface area contributed by atoms with Crippen molar-refractivity contribution in [2.45, 2.75) is 19.8 Å². The molecular weight excluding hydrogens is 346 g/mol. The number of aryl methyl sites for hydroxylation is 2. The van der Waals surface area contributed by atoms with Crippen LogP contribution in [0, 0.1) is 6.92 Å². The fourth-order valence-corrected chi connectivity index (χ4v) is 4.58. The molecule has 0 aliphatic carbocycles. The van der Waals surface area contributed by atoms with Gasteiger partial charge in [0.25, 0.3) is 0 Å². The molecule has 1 aliphatic heterocycles. The number of hydrogen-bond donors (Lipinski definition) is 1. The number of aromatic amines is 1. The van der Waals surface area contributed by atoms with E-state index in [1.165, 1.54) is 39.5 Å². The molecule has 0 amide bonds. The first-order chi connectivity index (χ1) is 13.8. The van der Waals surface area contributed by atoms with E-state index in [1.807, 2.05) is 12.5 Å². The summed E-state index contributed by atoms with van der Waals surface area (Å²) in [6.07, 6.45) is 6.25. The van der Waals surface area contributed by atoms with Crippen molar-refractivity contribution < 1.29 is 4.42 Å². The largest absolute Gasteiger partial charge is 0.464 e. The van der Waals surface area contributed by atoms with Crippen molar-refractivity contribution in [2.24, 2.45) is 0 Å². The van der Waals surface area contributed by atoms with Crippen LogP contribution in [0.2, 0.25) is 0 Å². The summed E-state index contributed by atoms with van der Waals surface area (Å²) in [5.41, 5.74) is 6.27. The van der Waals surface area contributed by atoms with Gasteiger partial charge in [-0.05, 0) is 61.7 Å². The maximum Gasteiger partial charge on any atom is 0.134 e. The van der Waals surface area contributed by atoms with Gasteiger partial charge in [-0.25, -0.2) is 0 Å². The zero-order chi connectivity index (χ0) is 18.9. The standard InChI is InChI=1S/C24H27N3O/c1-18-5-2-9-23-24(18)19(17-28-23)6-4-12-26-13-15-27(16-14-26)22-8-3-7-21-20(22)10-11-25-21/h2-3,5,7-11,17,25H,4,6,12-16H2,1H3. The van der Waals surface area contributed by atoms with E-state index in [4.69, 9.17) is 4.42 Å². The van der Waals surface area contributed by atoms with E-state index in [9.17, 15) is 0 Å². The summed E-state index contributed by atoms with van der Waals surface area (Å²) in [4.78, 5) is 8.45. The molecule has 4 aromatic rings. The van der Waals surface area contributed by atoms with Gasteiger partial charge in [0.1, 0.15) is 5.58 Å². The lowest BCUT2D eigenvalue weighted by Gasteiger charge is -2.36. The molecule has 1 N–H and O–H groups in total. The Labute approximate surface area is 165 Å². The second-order valence-corrected chi connectivity index (χ2v) is 7.86. The Kier molecular flexibility index (Phi) is 4.57. The molecule has 28 heavy (non-hydrogen) atoms. The number of aromatic nitrogens is 1. The Balaban J connectivity index is 1.17. The highest BCUT2D eigenvalue weighted by molar-refractivity contribution is 5.92. The fraction of sp³-hybridized carbons (Fsp3) is 0.333.